The van der Waals surface area contributed by atoms with E-state index in [2.05, 4.69) is 55.0 Å². The molecule has 0 bridgehead atoms. The zero-order valence-electron chi connectivity index (χ0n) is 28.0. The maximum atomic E-state index is 12.9. The first-order valence-corrected chi connectivity index (χ1v) is 17.2. The van der Waals surface area contributed by atoms with E-state index in [4.69, 9.17) is 9.47 Å². The normalized spacial score (nSPS) is 44.6. The largest absolute Gasteiger partial charge is 0.459 e. The Balaban J connectivity index is 1.18. The molecule has 0 heterocycles. The number of rotatable bonds is 5. The van der Waals surface area contributed by atoms with E-state index in [1.807, 2.05) is 6.07 Å². The van der Waals surface area contributed by atoms with E-state index < -0.39 is 11.9 Å². The molecule has 0 unspecified atom stereocenters. The summed E-state index contributed by atoms with van der Waals surface area (Å²) in [6.07, 6.45) is 12.4. The van der Waals surface area contributed by atoms with Gasteiger partial charge in [0.1, 0.15) is 6.10 Å². The Morgan fingerprint density at radius 1 is 0.814 bits per heavy atom. The zero-order chi connectivity index (χ0) is 31.0. The standard InChI is InChI=1S/C39H56O4/c1-25(2)27-16-19-36(5)22-23-38(7)28(33(27)36)14-15-30-37(6)20-18-31(35(3,4)29(37)17-21-39(30,38)8)43-32(40)24-42-34(41)26-12-10-9-11-13-26/h9-13,27-31,33H,1,14-24H2,2-8H3/t27-,28+,29-,30+,31-,33+,36+,37-,38+,39+/m0/s1. The van der Waals surface area contributed by atoms with Crippen molar-refractivity contribution in [2.24, 2.45) is 56.7 Å². The molecule has 0 radical (unpaired) electrons. The molecule has 236 valence electrons. The summed E-state index contributed by atoms with van der Waals surface area (Å²) in [5.74, 6) is 2.54. The highest BCUT2D eigenvalue weighted by Gasteiger charge is 2.70. The number of hydrogen-bond donors (Lipinski definition) is 0. The lowest BCUT2D eigenvalue weighted by molar-refractivity contribution is -0.249. The molecular formula is C39H56O4. The van der Waals surface area contributed by atoms with Crippen molar-refractivity contribution in [2.75, 3.05) is 6.61 Å². The van der Waals surface area contributed by atoms with Crippen LogP contribution >= 0.6 is 0 Å². The van der Waals surface area contributed by atoms with Gasteiger partial charge < -0.3 is 9.47 Å². The predicted molar refractivity (Wildman–Crippen MR) is 171 cm³/mol. The first-order chi connectivity index (χ1) is 20.2. The van der Waals surface area contributed by atoms with E-state index in [1.165, 1.54) is 56.9 Å². The molecule has 6 rings (SSSR count). The summed E-state index contributed by atoms with van der Waals surface area (Å²) in [5.41, 5.74) is 3.15. The number of esters is 2. The highest BCUT2D eigenvalue weighted by molar-refractivity contribution is 5.90. The van der Waals surface area contributed by atoms with Gasteiger partial charge >= 0.3 is 11.9 Å². The molecule has 0 spiro atoms. The van der Waals surface area contributed by atoms with Crippen LogP contribution in [0.5, 0.6) is 0 Å². The van der Waals surface area contributed by atoms with Crippen molar-refractivity contribution in [3.05, 3.63) is 48.0 Å². The fourth-order valence-corrected chi connectivity index (χ4v) is 12.7. The van der Waals surface area contributed by atoms with E-state index in [0.717, 1.165) is 24.7 Å². The Kier molecular flexibility index (Phi) is 7.53. The summed E-state index contributed by atoms with van der Waals surface area (Å²) >= 11 is 0. The molecule has 0 N–H and O–H groups in total. The average Bonchev–Trinajstić information content (AvgIpc) is 3.32. The molecule has 0 aromatic heterocycles. The van der Waals surface area contributed by atoms with Gasteiger partial charge in [0.15, 0.2) is 6.61 Å². The third kappa shape index (κ3) is 4.58. The molecule has 0 amide bonds. The molecule has 5 fully saturated rings. The van der Waals surface area contributed by atoms with Crippen molar-refractivity contribution in [2.45, 2.75) is 119 Å². The molecule has 1 aromatic carbocycles. The second-order valence-electron chi connectivity index (χ2n) is 17.1. The van der Waals surface area contributed by atoms with Crippen molar-refractivity contribution >= 4 is 11.9 Å². The Hall–Kier alpha value is -2.10. The summed E-state index contributed by atoms with van der Waals surface area (Å²) in [5, 5.41) is 0. The maximum Gasteiger partial charge on any atom is 0.344 e. The van der Waals surface area contributed by atoms with Gasteiger partial charge in [-0.2, -0.15) is 0 Å². The highest BCUT2D eigenvalue weighted by Crippen LogP contribution is 2.77. The van der Waals surface area contributed by atoms with Crippen LogP contribution in [0.15, 0.2) is 42.5 Å². The van der Waals surface area contributed by atoms with Crippen LogP contribution in [-0.2, 0) is 14.3 Å². The Labute approximate surface area is 260 Å². The number of carbonyl (C=O) groups is 2. The molecule has 4 nitrogen and oxygen atoms in total. The van der Waals surface area contributed by atoms with Crippen LogP contribution in [0.3, 0.4) is 0 Å². The lowest BCUT2D eigenvalue weighted by atomic mass is 9.32. The van der Waals surface area contributed by atoms with Gasteiger partial charge in [-0.15, -0.1) is 0 Å². The minimum absolute atomic E-state index is 0.132. The van der Waals surface area contributed by atoms with Gasteiger partial charge in [0.25, 0.3) is 0 Å². The molecule has 1 aromatic rings. The smallest absolute Gasteiger partial charge is 0.344 e. The van der Waals surface area contributed by atoms with Gasteiger partial charge in [-0.3, -0.25) is 0 Å². The van der Waals surface area contributed by atoms with Gasteiger partial charge in [-0.1, -0.05) is 71.9 Å². The third-order valence-electron chi connectivity index (χ3n) is 15.0. The SMILES string of the molecule is C=C(C)[C@@H]1CC[C@]2(C)CC[C@]3(C)[C@H](CC[C@@H]4[C@@]5(C)CC[C@H](OC(=O)COC(=O)c6ccccc6)C(C)(C)[C@@H]5CC[C@]43C)[C@@H]12. The Morgan fingerprint density at radius 3 is 2.23 bits per heavy atom. The van der Waals surface area contributed by atoms with Crippen LogP contribution in [0.4, 0.5) is 0 Å². The second kappa shape index (κ2) is 10.5. The minimum Gasteiger partial charge on any atom is -0.459 e. The minimum atomic E-state index is -0.487. The molecule has 10 atom stereocenters. The average molecular weight is 589 g/mol. The van der Waals surface area contributed by atoms with E-state index in [-0.39, 0.29) is 23.5 Å². The van der Waals surface area contributed by atoms with E-state index in [1.54, 1.807) is 24.3 Å². The molecule has 43 heavy (non-hydrogen) atoms. The van der Waals surface area contributed by atoms with Crippen molar-refractivity contribution in [3.63, 3.8) is 0 Å². The number of carbonyl (C=O) groups excluding carboxylic acids is 2. The van der Waals surface area contributed by atoms with Crippen LogP contribution in [0.1, 0.15) is 123 Å². The second-order valence-corrected chi connectivity index (χ2v) is 17.1. The monoisotopic (exact) mass is 588 g/mol. The Bertz CT molecular complexity index is 1270. The molecule has 0 saturated heterocycles. The van der Waals surface area contributed by atoms with E-state index >= 15 is 0 Å². The van der Waals surface area contributed by atoms with Crippen LogP contribution < -0.4 is 0 Å². The first kappa shape index (κ1) is 30.9. The van der Waals surface area contributed by atoms with Crippen molar-refractivity contribution < 1.29 is 19.1 Å². The molecular weight excluding hydrogens is 532 g/mol. The number of ether oxygens (including phenoxy) is 2. The number of allylic oxidation sites excluding steroid dienone is 1. The topological polar surface area (TPSA) is 52.6 Å². The number of benzene rings is 1. The fraction of sp³-hybridized carbons (Fsp3) is 0.744. The van der Waals surface area contributed by atoms with Crippen LogP contribution in [-0.4, -0.2) is 24.6 Å². The lowest BCUT2D eigenvalue weighted by Gasteiger charge is -2.73. The predicted octanol–water partition coefficient (Wildman–Crippen LogP) is 9.43. The van der Waals surface area contributed by atoms with Gasteiger partial charge in [-0.05, 0) is 135 Å². The van der Waals surface area contributed by atoms with Gasteiger partial charge in [0, 0.05) is 5.41 Å². The van der Waals surface area contributed by atoms with Crippen molar-refractivity contribution in [1.82, 2.24) is 0 Å². The summed E-state index contributed by atoms with van der Waals surface area (Å²) in [4.78, 5) is 25.3. The number of hydrogen-bond acceptors (Lipinski definition) is 4. The van der Waals surface area contributed by atoms with Gasteiger partial charge in [-0.25, -0.2) is 9.59 Å². The van der Waals surface area contributed by atoms with Gasteiger partial charge in [0.2, 0.25) is 0 Å². The maximum absolute atomic E-state index is 12.9. The first-order valence-electron chi connectivity index (χ1n) is 17.2. The fourth-order valence-electron chi connectivity index (χ4n) is 12.7. The molecule has 0 aliphatic heterocycles. The quantitative estimate of drug-likeness (QED) is 0.254. The summed E-state index contributed by atoms with van der Waals surface area (Å²) in [7, 11) is 0. The number of fused-ring (bicyclic) bond motifs is 7. The highest BCUT2D eigenvalue weighted by atomic mass is 16.6. The molecule has 4 heteroatoms. The molecule has 5 aliphatic carbocycles. The lowest BCUT2D eigenvalue weighted by Crippen LogP contribution is -2.66. The van der Waals surface area contributed by atoms with Crippen molar-refractivity contribution in [3.8, 4) is 0 Å². The van der Waals surface area contributed by atoms with E-state index in [0.29, 0.717) is 39.6 Å². The van der Waals surface area contributed by atoms with E-state index in [9.17, 15) is 9.59 Å². The molecule has 5 saturated carbocycles. The summed E-state index contributed by atoms with van der Waals surface area (Å²) in [6, 6.07) is 8.82. The van der Waals surface area contributed by atoms with Crippen LogP contribution in [0, 0.1) is 56.7 Å². The van der Waals surface area contributed by atoms with Crippen molar-refractivity contribution in [1.29, 1.82) is 0 Å². The third-order valence-corrected chi connectivity index (χ3v) is 15.0. The summed E-state index contributed by atoms with van der Waals surface area (Å²) in [6.45, 7) is 21.7. The zero-order valence-corrected chi connectivity index (χ0v) is 28.0. The summed E-state index contributed by atoms with van der Waals surface area (Å²) < 4.78 is 11.4. The van der Waals surface area contributed by atoms with Crippen LogP contribution in [0.2, 0.25) is 0 Å². The molecule has 5 aliphatic rings. The Morgan fingerprint density at radius 2 is 1.53 bits per heavy atom. The van der Waals surface area contributed by atoms with Gasteiger partial charge in [0.05, 0.1) is 5.56 Å². The van der Waals surface area contributed by atoms with Crippen LogP contribution in [0.25, 0.3) is 0 Å².